The number of carbonyl (C=O) groups excluding carboxylic acids is 2. The zero-order valence-electron chi connectivity index (χ0n) is 20.7. The van der Waals surface area contributed by atoms with Gasteiger partial charge in [-0.25, -0.2) is 4.79 Å². The number of nitrogens with zero attached hydrogens (tertiary/aromatic N) is 1. The number of nitrogens with two attached hydrogens (primary N) is 2. The molecule has 2 heterocycles. The number of hydrogen-bond acceptors (Lipinski definition) is 8. The number of nitriles is 1. The van der Waals surface area contributed by atoms with Crippen molar-refractivity contribution in [3.63, 3.8) is 0 Å². The summed E-state index contributed by atoms with van der Waals surface area (Å²) in [4.78, 5) is 32.3. The fraction of sp³-hybridized carbons (Fsp3) is 0.0769. The van der Waals surface area contributed by atoms with Crippen LogP contribution < -0.4 is 22.1 Å². The molecule has 11 nitrogen and oxygen atoms in total. The highest BCUT2D eigenvalue weighted by atomic mass is 19.4. The standard InChI is InChI=1S/C12H9N3O2.C9H9F3N2O.C5H4O3/c13-7-8-6-9(14)3-4-10(8)15-12(16)11-2-1-5-17-11;1-5(15)14-8-3-2-6(13)4-7(8)9(10,11)12;6-5(7)4-2-1-3-8-4/h1-6H,14H2,(H,15,16);2-4H,13H2,1H3,(H,14,15);1-3H,(H,6,7). The van der Waals surface area contributed by atoms with E-state index in [9.17, 15) is 27.6 Å². The third kappa shape index (κ3) is 9.30. The molecule has 0 saturated carbocycles. The number of carbonyl (C=O) groups is 3. The molecule has 0 aliphatic carbocycles. The van der Waals surface area contributed by atoms with Crippen molar-refractivity contribution < 1.29 is 41.5 Å². The number of alkyl halides is 3. The molecule has 4 aromatic rings. The molecule has 0 unspecified atom stereocenters. The van der Waals surface area contributed by atoms with Crippen molar-refractivity contribution in [3.8, 4) is 6.07 Å². The van der Waals surface area contributed by atoms with Crippen LogP contribution >= 0.6 is 0 Å². The van der Waals surface area contributed by atoms with Gasteiger partial charge in [0.25, 0.3) is 5.91 Å². The number of hydrogen-bond donors (Lipinski definition) is 5. The summed E-state index contributed by atoms with van der Waals surface area (Å²) in [5, 5.41) is 21.8. The van der Waals surface area contributed by atoms with Crippen LogP contribution in [0.2, 0.25) is 0 Å². The average Bonchev–Trinajstić information content (AvgIpc) is 3.61. The van der Waals surface area contributed by atoms with E-state index in [2.05, 4.69) is 15.1 Å². The molecule has 0 fully saturated rings. The van der Waals surface area contributed by atoms with E-state index < -0.39 is 29.5 Å². The second-order valence-electron chi connectivity index (χ2n) is 7.61. The van der Waals surface area contributed by atoms with Crippen LogP contribution in [0.4, 0.5) is 35.9 Å². The molecule has 208 valence electrons. The van der Waals surface area contributed by atoms with Gasteiger partial charge in [0.1, 0.15) is 6.07 Å². The summed E-state index contributed by atoms with van der Waals surface area (Å²) < 4.78 is 46.9. The van der Waals surface area contributed by atoms with Crippen LogP contribution in [0.1, 0.15) is 39.2 Å². The number of halogens is 3. The molecule has 2 aromatic carbocycles. The molecule has 4 rings (SSSR count). The van der Waals surface area contributed by atoms with Crippen molar-refractivity contribution in [2.24, 2.45) is 0 Å². The monoisotopic (exact) mass is 557 g/mol. The SMILES string of the molecule is CC(=O)Nc1ccc(N)cc1C(F)(F)F.N#Cc1cc(N)ccc1NC(=O)c1ccco1.O=C(O)c1ccco1. The number of aromatic carboxylic acids is 1. The van der Waals surface area contributed by atoms with Gasteiger partial charge in [-0.1, -0.05) is 0 Å². The highest BCUT2D eigenvalue weighted by Crippen LogP contribution is 2.36. The van der Waals surface area contributed by atoms with Gasteiger partial charge < -0.3 is 36.0 Å². The number of carboxylic acids is 1. The molecule has 40 heavy (non-hydrogen) atoms. The van der Waals surface area contributed by atoms with Gasteiger partial charge in [0.2, 0.25) is 11.7 Å². The zero-order chi connectivity index (χ0) is 29.9. The largest absolute Gasteiger partial charge is 0.475 e. The summed E-state index contributed by atoms with van der Waals surface area (Å²) in [5.41, 5.74) is 10.7. The maximum absolute atomic E-state index is 12.5. The topological polar surface area (TPSA) is 198 Å². The molecule has 0 atom stereocenters. The average molecular weight is 557 g/mol. The fourth-order valence-corrected chi connectivity index (χ4v) is 2.85. The summed E-state index contributed by atoms with van der Waals surface area (Å²) in [6.45, 7) is 1.14. The van der Waals surface area contributed by atoms with Crippen LogP contribution in [-0.4, -0.2) is 22.9 Å². The van der Waals surface area contributed by atoms with Crippen LogP contribution in [0.5, 0.6) is 0 Å². The lowest BCUT2D eigenvalue weighted by Gasteiger charge is -2.13. The van der Waals surface area contributed by atoms with Gasteiger partial charge in [0, 0.05) is 18.3 Å². The first kappa shape index (κ1) is 30.5. The maximum Gasteiger partial charge on any atom is 0.418 e. The number of benzene rings is 2. The molecule has 7 N–H and O–H groups in total. The second-order valence-corrected chi connectivity index (χ2v) is 7.61. The van der Waals surface area contributed by atoms with Crippen molar-refractivity contribution in [3.05, 3.63) is 95.8 Å². The van der Waals surface area contributed by atoms with E-state index in [-0.39, 0.29) is 22.9 Å². The lowest BCUT2D eigenvalue weighted by Crippen LogP contribution is -2.14. The van der Waals surface area contributed by atoms with E-state index in [4.69, 9.17) is 26.3 Å². The van der Waals surface area contributed by atoms with Crippen LogP contribution in [0.25, 0.3) is 0 Å². The molecule has 0 spiro atoms. The van der Waals surface area contributed by atoms with E-state index in [1.807, 2.05) is 6.07 Å². The van der Waals surface area contributed by atoms with Gasteiger partial charge in [0.15, 0.2) is 5.76 Å². The van der Waals surface area contributed by atoms with Crippen molar-refractivity contribution in [1.82, 2.24) is 0 Å². The first-order valence-corrected chi connectivity index (χ1v) is 11.0. The zero-order valence-corrected chi connectivity index (χ0v) is 20.7. The normalized spacial score (nSPS) is 10.1. The molecular formula is C26H22F3N5O6. The Hall–Kier alpha value is -5.71. The Morgan fingerprint density at radius 1 is 0.875 bits per heavy atom. The lowest BCUT2D eigenvalue weighted by molar-refractivity contribution is -0.136. The Morgan fingerprint density at radius 3 is 1.88 bits per heavy atom. The molecule has 2 aromatic heterocycles. The van der Waals surface area contributed by atoms with Crippen molar-refractivity contribution in [2.45, 2.75) is 13.1 Å². The number of nitrogens with one attached hydrogen (secondary N) is 2. The minimum absolute atomic E-state index is 0.00331. The minimum atomic E-state index is -4.53. The second kappa shape index (κ2) is 13.7. The van der Waals surface area contributed by atoms with Crippen LogP contribution in [0.3, 0.4) is 0 Å². The summed E-state index contributed by atoms with van der Waals surface area (Å²) in [6, 6.07) is 15.9. The third-order valence-electron chi connectivity index (χ3n) is 4.55. The van der Waals surface area contributed by atoms with Gasteiger partial charge in [-0.2, -0.15) is 18.4 Å². The predicted molar refractivity (Wildman–Crippen MR) is 138 cm³/mol. The van der Waals surface area contributed by atoms with E-state index in [1.54, 1.807) is 24.3 Å². The third-order valence-corrected chi connectivity index (χ3v) is 4.55. The van der Waals surface area contributed by atoms with Crippen LogP contribution in [0, 0.1) is 11.3 Å². The van der Waals surface area contributed by atoms with Crippen LogP contribution in [0.15, 0.2) is 82.0 Å². The summed E-state index contributed by atoms with van der Waals surface area (Å²) in [7, 11) is 0. The molecule has 0 aliphatic heterocycles. The van der Waals surface area contributed by atoms with E-state index in [1.165, 1.54) is 36.8 Å². The number of nitrogen functional groups attached to an aromatic ring is 2. The predicted octanol–water partition coefficient (Wildman–Crippen LogP) is 5.21. The van der Waals surface area contributed by atoms with E-state index >= 15 is 0 Å². The number of anilines is 4. The van der Waals surface area contributed by atoms with Gasteiger partial charge in [-0.3, -0.25) is 9.59 Å². The van der Waals surface area contributed by atoms with Gasteiger partial charge in [0.05, 0.1) is 35.0 Å². The van der Waals surface area contributed by atoms with Crippen molar-refractivity contribution in [2.75, 3.05) is 22.1 Å². The van der Waals surface area contributed by atoms with Crippen molar-refractivity contribution >= 4 is 40.5 Å². The summed E-state index contributed by atoms with van der Waals surface area (Å²) in [6.07, 6.45) is -1.81. The quantitative estimate of drug-likeness (QED) is 0.209. The minimum Gasteiger partial charge on any atom is -0.475 e. The number of amides is 2. The Morgan fingerprint density at radius 2 is 1.43 bits per heavy atom. The molecule has 0 aliphatic rings. The number of rotatable bonds is 4. The Bertz CT molecular complexity index is 1490. The first-order valence-electron chi connectivity index (χ1n) is 11.0. The highest BCUT2D eigenvalue weighted by molar-refractivity contribution is 6.03. The molecule has 14 heteroatoms. The fourth-order valence-electron chi connectivity index (χ4n) is 2.85. The number of carboxylic acid groups (broad SMARTS) is 1. The molecular weight excluding hydrogens is 535 g/mol. The van der Waals surface area contributed by atoms with E-state index in [0.29, 0.717) is 16.9 Å². The van der Waals surface area contributed by atoms with Gasteiger partial charge in [-0.05, 0) is 60.7 Å². The maximum atomic E-state index is 12.5. The lowest BCUT2D eigenvalue weighted by atomic mass is 10.1. The Balaban J connectivity index is 0.000000223. The number of furan rings is 2. The first-order chi connectivity index (χ1) is 18.8. The van der Waals surface area contributed by atoms with Gasteiger partial charge >= 0.3 is 12.1 Å². The summed E-state index contributed by atoms with van der Waals surface area (Å²) >= 11 is 0. The smallest absolute Gasteiger partial charge is 0.418 e. The summed E-state index contributed by atoms with van der Waals surface area (Å²) in [5.74, 6) is -1.84. The molecule has 0 bridgehead atoms. The Labute approximate surface area is 224 Å². The van der Waals surface area contributed by atoms with Gasteiger partial charge in [-0.15, -0.1) is 0 Å². The van der Waals surface area contributed by atoms with Crippen LogP contribution in [-0.2, 0) is 11.0 Å². The molecule has 0 radical (unpaired) electrons. The Kier molecular flexibility index (Phi) is 10.5. The van der Waals surface area contributed by atoms with Crippen molar-refractivity contribution in [1.29, 1.82) is 5.26 Å². The highest BCUT2D eigenvalue weighted by Gasteiger charge is 2.33. The molecule has 2 amide bonds. The molecule has 0 saturated heterocycles. The van der Waals surface area contributed by atoms with E-state index in [0.717, 1.165) is 19.1 Å².